The van der Waals surface area contributed by atoms with Gasteiger partial charge in [0.1, 0.15) is 11.6 Å². The molecule has 7 heteroatoms. The third-order valence-corrected chi connectivity index (χ3v) is 5.88. The van der Waals surface area contributed by atoms with Gasteiger partial charge in [0.15, 0.2) is 0 Å². The van der Waals surface area contributed by atoms with Crippen LogP contribution in [-0.2, 0) is 22.6 Å². The summed E-state index contributed by atoms with van der Waals surface area (Å²) in [6.07, 6.45) is 4.27. The van der Waals surface area contributed by atoms with Crippen LogP contribution in [0.4, 0.5) is 0 Å². The number of carbonyl (C=O) groups excluding carboxylic acids is 1. The van der Waals surface area contributed by atoms with E-state index in [0.29, 0.717) is 32.5 Å². The van der Waals surface area contributed by atoms with Crippen LogP contribution >= 0.6 is 0 Å². The van der Waals surface area contributed by atoms with Crippen LogP contribution in [0.1, 0.15) is 17.8 Å². The van der Waals surface area contributed by atoms with Crippen molar-refractivity contribution in [1.82, 2.24) is 14.5 Å². The molecule has 0 aliphatic carbocycles. The van der Waals surface area contributed by atoms with Gasteiger partial charge in [-0.05, 0) is 25.0 Å². The molecule has 4 rings (SSSR count). The molecular weight excluding hydrogens is 346 g/mol. The number of rotatable bonds is 4. The molecule has 1 saturated heterocycles. The molecule has 2 aliphatic rings. The van der Waals surface area contributed by atoms with Gasteiger partial charge in [0, 0.05) is 44.4 Å². The summed E-state index contributed by atoms with van der Waals surface area (Å²) in [6, 6.07) is 7.57. The molecule has 3 heterocycles. The number of benzene rings is 1. The first kappa shape index (κ1) is 17.6. The van der Waals surface area contributed by atoms with Crippen molar-refractivity contribution in [3.8, 4) is 5.75 Å². The fraction of sp³-hybridized carbons (Fsp3) is 0.450. The molecule has 2 aromatic rings. The summed E-state index contributed by atoms with van der Waals surface area (Å²) in [5, 5.41) is 10.1. The van der Waals surface area contributed by atoms with Crippen LogP contribution in [0.5, 0.6) is 5.75 Å². The molecule has 0 radical (unpaired) electrons. The van der Waals surface area contributed by atoms with Gasteiger partial charge in [-0.15, -0.1) is 0 Å². The van der Waals surface area contributed by atoms with Crippen molar-refractivity contribution < 1.29 is 19.4 Å². The molecule has 1 amide bonds. The zero-order valence-corrected chi connectivity index (χ0v) is 15.3. The number of carboxylic acids is 1. The average Bonchev–Trinajstić information content (AvgIpc) is 3.19. The summed E-state index contributed by atoms with van der Waals surface area (Å²) < 4.78 is 7.82. The Hall–Kier alpha value is -2.83. The molecule has 142 valence electrons. The fourth-order valence-electron chi connectivity index (χ4n) is 4.23. The highest BCUT2D eigenvalue weighted by Crippen LogP contribution is 2.44. The van der Waals surface area contributed by atoms with Crippen LogP contribution in [0.3, 0.4) is 0 Å². The van der Waals surface area contributed by atoms with Gasteiger partial charge in [-0.1, -0.05) is 18.2 Å². The van der Waals surface area contributed by atoms with Gasteiger partial charge in [0.2, 0.25) is 5.91 Å². The Morgan fingerprint density at radius 3 is 2.93 bits per heavy atom. The number of carboxylic acid groups (broad SMARTS) is 1. The molecule has 1 aromatic carbocycles. The quantitative estimate of drug-likeness (QED) is 0.887. The Morgan fingerprint density at radius 2 is 2.19 bits per heavy atom. The van der Waals surface area contributed by atoms with Crippen LogP contribution in [-0.4, -0.2) is 51.1 Å². The lowest BCUT2D eigenvalue weighted by atomic mass is 9.74. The highest BCUT2D eigenvalue weighted by atomic mass is 16.5. The monoisotopic (exact) mass is 369 g/mol. The first-order valence-electron chi connectivity index (χ1n) is 9.19. The number of likely N-dealkylation sites (tertiary alicyclic amines) is 1. The molecule has 0 bridgehead atoms. The minimum Gasteiger partial charge on any atom is -0.493 e. The van der Waals surface area contributed by atoms with E-state index >= 15 is 0 Å². The first-order valence-corrected chi connectivity index (χ1v) is 9.19. The number of fused-ring (bicyclic) bond motifs is 2. The maximum absolute atomic E-state index is 12.7. The predicted octanol–water partition coefficient (Wildman–Crippen LogP) is 1.75. The van der Waals surface area contributed by atoms with Gasteiger partial charge in [0.05, 0.1) is 12.0 Å². The number of para-hydroxylation sites is 1. The zero-order chi connectivity index (χ0) is 19.0. The number of amides is 1. The van der Waals surface area contributed by atoms with Crippen molar-refractivity contribution in [3.63, 3.8) is 0 Å². The SMILES string of the molecule is Cc1nccn1CCC(=O)N1CC2COc3ccccc3CC2(C(=O)O)C1. The van der Waals surface area contributed by atoms with Crippen molar-refractivity contribution in [1.29, 1.82) is 0 Å². The average molecular weight is 369 g/mol. The summed E-state index contributed by atoms with van der Waals surface area (Å²) in [5.74, 6) is 0.516. The van der Waals surface area contributed by atoms with Gasteiger partial charge < -0.3 is 19.3 Å². The first-order chi connectivity index (χ1) is 13.0. The molecule has 0 spiro atoms. The fourth-order valence-corrected chi connectivity index (χ4v) is 4.23. The molecule has 1 N–H and O–H groups in total. The Kier molecular flexibility index (Phi) is 4.37. The number of nitrogens with zero attached hydrogens (tertiary/aromatic N) is 3. The third-order valence-electron chi connectivity index (χ3n) is 5.88. The van der Waals surface area contributed by atoms with Gasteiger partial charge in [-0.3, -0.25) is 9.59 Å². The Balaban J connectivity index is 1.52. The second-order valence-electron chi connectivity index (χ2n) is 7.45. The standard InChI is InChI=1S/C20H23N3O4/c1-14-21-7-9-22(14)8-6-18(24)23-11-16-12-27-17-5-3-2-4-15(17)10-20(16,13-23)19(25)26/h2-5,7,9,16H,6,8,10-13H2,1H3,(H,25,26). The minimum absolute atomic E-state index is 0.0231. The molecule has 2 aliphatic heterocycles. The van der Waals surface area contributed by atoms with Crippen LogP contribution < -0.4 is 4.74 Å². The Morgan fingerprint density at radius 1 is 1.37 bits per heavy atom. The van der Waals surface area contributed by atoms with E-state index in [0.717, 1.165) is 17.1 Å². The van der Waals surface area contributed by atoms with E-state index in [9.17, 15) is 14.7 Å². The van der Waals surface area contributed by atoms with Gasteiger partial charge in [0.25, 0.3) is 0 Å². The second-order valence-corrected chi connectivity index (χ2v) is 7.45. The lowest BCUT2D eigenvalue weighted by Gasteiger charge is -2.27. The summed E-state index contributed by atoms with van der Waals surface area (Å²) in [4.78, 5) is 30.9. The maximum atomic E-state index is 12.7. The number of aliphatic carboxylic acids is 1. The highest BCUT2D eigenvalue weighted by Gasteiger charge is 2.55. The van der Waals surface area contributed by atoms with Crippen molar-refractivity contribution in [2.24, 2.45) is 11.3 Å². The van der Waals surface area contributed by atoms with Crippen molar-refractivity contribution in [2.75, 3.05) is 19.7 Å². The van der Waals surface area contributed by atoms with Crippen LogP contribution in [0.2, 0.25) is 0 Å². The second kappa shape index (κ2) is 6.72. The molecular formula is C20H23N3O4. The topological polar surface area (TPSA) is 84.7 Å². The van der Waals surface area contributed by atoms with Crippen molar-refractivity contribution in [3.05, 3.63) is 48.0 Å². The molecule has 27 heavy (non-hydrogen) atoms. The van der Waals surface area contributed by atoms with Crippen LogP contribution in [0, 0.1) is 18.3 Å². The van der Waals surface area contributed by atoms with Crippen molar-refractivity contribution >= 4 is 11.9 Å². The van der Waals surface area contributed by atoms with E-state index in [1.165, 1.54) is 0 Å². The smallest absolute Gasteiger partial charge is 0.312 e. The van der Waals surface area contributed by atoms with E-state index in [2.05, 4.69) is 4.98 Å². The number of ether oxygens (including phenoxy) is 1. The highest BCUT2D eigenvalue weighted by molar-refractivity contribution is 5.81. The van der Waals surface area contributed by atoms with Crippen LogP contribution in [0.15, 0.2) is 36.7 Å². The minimum atomic E-state index is -0.993. The number of hydrogen-bond acceptors (Lipinski definition) is 4. The summed E-state index contributed by atoms with van der Waals surface area (Å²) in [6.45, 7) is 3.40. The number of hydrogen-bond donors (Lipinski definition) is 1. The number of carbonyl (C=O) groups is 2. The Bertz CT molecular complexity index is 878. The van der Waals surface area contributed by atoms with E-state index in [-0.39, 0.29) is 18.4 Å². The van der Waals surface area contributed by atoms with Gasteiger partial charge >= 0.3 is 5.97 Å². The summed E-state index contributed by atoms with van der Waals surface area (Å²) in [7, 11) is 0. The van der Waals surface area contributed by atoms with Crippen LogP contribution in [0.25, 0.3) is 0 Å². The number of aromatic nitrogens is 2. The summed E-state index contributed by atoms with van der Waals surface area (Å²) in [5.41, 5.74) is -0.0987. The molecule has 1 fully saturated rings. The van der Waals surface area contributed by atoms with Gasteiger partial charge in [-0.25, -0.2) is 4.98 Å². The molecule has 7 nitrogen and oxygen atoms in total. The zero-order valence-electron chi connectivity index (χ0n) is 15.3. The molecule has 2 unspecified atom stereocenters. The normalized spacial score (nSPS) is 23.9. The Labute approximate surface area is 157 Å². The van der Waals surface area contributed by atoms with E-state index in [1.54, 1.807) is 11.1 Å². The van der Waals surface area contributed by atoms with Crippen molar-refractivity contribution in [2.45, 2.75) is 26.3 Å². The van der Waals surface area contributed by atoms with E-state index < -0.39 is 11.4 Å². The predicted molar refractivity (Wildman–Crippen MR) is 97.4 cm³/mol. The maximum Gasteiger partial charge on any atom is 0.312 e. The third kappa shape index (κ3) is 3.07. The molecule has 1 aromatic heterocycles. The molecule has 0 saturated carbocycles. The molecule has 2 atom stereocenters. The lowest BCUT2D eigenvalue weighted by molar-refractivity contribution is -0.151. The number of aryl methyl sites for hydroxylation is 2. The van der Waals surface area contributed by atoms with Gasteiger partial charge in [-0.2, -0.15) is 0 Å². The number of imidazole rings is 1. The van der Waals surface area contributed by atoms with E-state index in [4.69, 9.17) is 4.74 Å². The summed E-state index contributed by atoms with van der Waals surface area (Å²) >= 11 is 0. The largest absolute Gasteiger partial charge is 0.493 e. The lowest BCUT2D eigenvalue weighted by Crippen LogP contribution is -2.42. The van der Waals surface area contributed by atoms with E-state index in [1.807, 2.05) is 42.0 Å².